The van der Waals surface area contributed by atoms with Gasteiger partial charge in [0.1, 0.15) is 12.1 Å². The Morgan fingerprint density at radius 1 is 1.24 bits per heavy atom. The van der Waals surface area contributed by atoms with E-state index < -0.39 is 0 Å². The minimum Gasteiger partial charge on any atom is -0.380 e. The normalized spacial score (nSPS) is 22.8. The standard InChI is InChI=1S/C16H30N2O3/c1-5-7-9-21-10-8-18-14(6-2)15(19)17-13(16(18)20)11-12(3)4/h12-14H,5-11H2,1-4H3,(H,17,19). The minimum atomic E-state index is -0.379. The number of rotatable bonds is 9. The van der Waals surface area contributed by atoms with Gasteiger partial charge in [-0.15, -0.1) is 0 Å². The van der Waals surface area contributed by atoms with Crippen molar-refractivity contribution in [1.29, 1.82) is 0 Å². The van der Waals surface area contributed by atoms with Crippen molar-refractivity contribution in [3.05, 3.63) is 0 Å². The van der Waals surface area contributed by atoms with Crippen LogP contribution >= 0.6 is 0 Å². The van der Waals surface area contributed by atoms with E-state index in [0.29, 0.717) is 31.9 Å². The van der Waals surface area contributed by atoms with Gasteiger partial charge in [0.05, 0.1) is 6.61 Å². The molecule has 1 fully saturated rings. The monoisotopic (exact) mass is 298 g/mol. The molecule has 0 aliphatic carbocycles. The molecule has 21 heavy (non-hydrogen) atoms. The number of carbonyl (C=O) groups excluding carboxylic acids is 2. The second-order valence-electron chi connectivity index (χ2n) is 6.11. The number of hydrogen-bond donors (Lipinski definition) is 1. The fourth-order valence-corrected chi connectivity index (χ4v) is 2.64. The van der Waals surface area contributed by atoms with Crippen LogP contribution in [0.2, 0.25) is 0 Å². The van der Waals surface area contributed by atoms with Crippen molar-refractivity contribution in [3.63, 3.8) is 0 Å². The van der Waals surface area contributed by atoms with Gasteiger partial charge in [-0.05, 0) is 25.2 Å². The van der Waals surface area contributed by atoms with Crippen LogP contribution in [0, 0.1) is 5.92 Å². The van der Waals surface area contributed by atoms with E-state index in [1.807, 2.05) is 6.92 Å². The molecule has 0 saturated carbocycles. The molecule has 1 aliphatic heterocycles. The molecule has 2 unspecified atom stereocenters. The van der Waals surface area contributed by atoms with Crippen LogP contribution in [0.3, 0.4) is 0 Å². The molecular formula is C16H30N2O3. The maximum Gasteiger partial charge on any atom is 0.245 e. The van der Waals surface area contributed by atoms with Crippen molar-refractivity contribution >= 4 is 11.8 Å². The molecular weight excluding hydrogens is 268 g/mol. The third kappa shape index (κ3) is 5.30. The van der Waals surface area contributed by atoms with Crippen LogP contribution in [-0.2, 0) is 14.3 Å². The first-order chi connectivity index (χ1) is 10.0. The Labute approximate surface area is 128 Å². The van der Waals surface area contributed by atoms with Crippen LogP contribution in [-0.4, -0.2) is 48.6 Å². The molecule has 0 aromatic heterocycles. The lowest BCUT2D eigenvalue weighted by atomic mass is 9.98. The molecule has 1 aliphatic rings. The molecule has 0 spiro atoms. The van der Waals surface area contributed by atoms with Crippen molar-refractivity contribution in [1.82, 2.24) is 10.2 Å². The highest BCUT2D eigenvalue weighted by molar-refractivity contribution is 5.96. The topological polar surface area (TPSA) is 58.6 Å². The van der Waals surface area contributed by atoms with Gasteiger partial charge >= 0.3 is 0 Å². The van der Waals surface area contributed by atoms with E-state index in [-0.39, 0.29) is 23.9 Å². The van der Waals surface area contributed by atoms with Gasteiger partial charge in [-0.1, -0.05) is 34.1 Å². The van der Waals surface area contributed by atoms with E-state index in [2.05, 4.69) is 26.1 Å². The lowest BCUT2D eigenvalue weighted by molar-refractivity contribution is -0.150. The average Bonchev–Trinajstić information content (AvgIpc) is 2.42. The molecule has 1 rings (SSSR count). The number of piperazine rings is 1. The fraction of sp³-hybridized carbons (Fsp3) is 0.875. The molecule has 0 aromatic rings. The first kappa shape index (κ1) is 18.0. The first-order valence-electron chi connectivity index (χ1n) is 8.19. The van der Waals surface area contributed by atoms with Crippen LogP contribution in [0.1, 0.15) is 53.4 Å². The number of nitrogens with zero attached hydrogens (tertiary/aromatic N) is 1. The summed E-state index contributed by atoms with van der Waals surface area (Å²) < 4.78 is 5.54. The number of hydrogen-bond acceptors (Lipinski definition) is 3. The van der Waals surface area contributed by atoms with Crippen molar-refractivity contribution in [3.8, 4) is 0 Å². The van der Waals surface area contributed by atoms with Gasteiger partial charge in [0.15, 0.2) is 0 Å². The largest absolute Gasteiger partial charge is 0.380 e. The van der Waals surface area contributed by atoms with Gasteiger partial charge in [0.25, 0.3) is 0 Å². The highest BCUT2D eigenvalue weighted by Gasteiger charge is 2.39. The van der Waals surface area contributed by atoms with Gasteiger partial charge in [0.2, 0.25) is 11.8 Å². The molecule has 0 bridgehead atoms. The number of nitrogens with one attached hydrogen (secondary N) is 1. The molecule has 0 aromatic carbocycles. The maximum atomic E-state index is 12.6. The molecule has 2 atom stereocenters. The zero-order valence-electron chi connectivity index (χ0n) is 13.9. The number of unbranched alkanes of at least 4 members (excludes halogenated alkanes) is 1. The SMILES string of the molecule is CCCCOCCN1C(=O)C(CC(C)C)NC(=O)C1CC. The zero-order valence-corrected chi connectivity index (χ0v) is 13.9. The fourth-order valence-electron chi connectivity index (χ4n) is 2.64. The number of carbonyl (C=O) groups is 2. The summed E-state index contributed by atoms with van der Waals surface area (Å²) in [6, 6.07) is -0.730. The Morgan fingerprint density at radius 3 is 2.52 bits per heavy atom. The molecule has 122 valence electrons. The van der Waals surface area contributed by atoms with E-state index in [0.717, 1.165) is 19.4 Å². The van der Waals surface area contributed by atoms with Crippen LogP contribution in [0.15, 0.2) is 0 Å². The summed E-state index contributed by atoms with van der Waals surface area (Å²) in [5, 5.41) is 2.87. The second kappa shape index (κ2) is 9.03. The van der Waals surface area contributed by atoms with Gasteiger partial charge in [-0.2, -0.15) is 0 Å². The molecule has 1 N–H and O–H groups in total. The summed E-state index contributed by atoms with van der Waals surface area (Å²) in [6.07, 6.45) is 3.45. The highest BCUT2D eigenvalue weighted by atomic mass is 16.5. The van der Waals surface area contributed by atoms with Crippen LogP contribution in [0.4, 0.5) is 0 Å². The number of ether oxygens (including phenoxy) is 1. The van der Waals surface area contributed by atoms with Crippen LogP contribution in [0.25, 0.3) is 0 Å². The number of amides is 2. The molecule has 2 amide bonds. The lowest BCUT2D eigenvalue weighted by Gasteiger charge is -2.39. The van der Waals surface area contributed by atoms with Crippen molar-refractivity contribution < 1.29 is 14.3 Å². The molecule has 5 heteroatoms. The summed E-state index contributed by atoms with van der Waals surface area (Å²) in [5.41, 5.74) is 0. The smallest absolute Gasteiger partial charge is 0.245 e. The Kier molecular flexibility index (Phi) is 7.72. The first-order valence-corrected chi connectivity index (χ1v) is 8.19. The molecule has 1 heterocycles. The second-order valence-corrected chi connectivity index (χ2v) is 6.11. The van der Waals surface area contributed by atoms with Gasteiger partial charge in [-0.25, -0.2) is 0 Å². The van der Waals surface area contributed by atoms with Crippen LogP contribution in [0.5, 0.6) is 0 Å². The summed E-state index contributed by atoms with van der Waals surface area (Å²) in [5.74, 6) is 0.380. The van der Waals surface area contributed by atoms with Crippen molar-refractivity contribution in [2.45, 2.75) is 65.5 Å². The van der Waals surface area contributed by atoms with Crippen LogP contribution < -0.4 is 5.32 Å². The third-order valence-corrected chi connectivity index (χ3v) is 3.79. The Bertz CT molecular complexity index is 344. The predicted molar refractivity (Wildman–Crippen MR) is 82.9 cm³/mol. The predicted octanol–water partition coefficient (Wildman–Crippen LogP) is 1.95. The van der Waals surface area contributed by atoms with Gasteiger partial charge in [-0.3, -0.25) is 9.59 Å². The van der Waals surface area contributed by atoms with E-state index >= 15 is 0 Å². The summed E-state index contributed by atoms with van der Waals surface area (Å²) in [7, 11) is 0. The Balaban J connectivity index is 2.61. The third-order valence-electron chi connectivity index (χ3n) is 3.79. The minimum absolute atomic E-state index is 0.0312. The van der Waals surface area contributed by atoms with E-state index in [9.17, 15) is 9.59 Å². The molecule has 1 saturated heterocycles. The van der Waals surface area contributed by atoms with Gasteiger partial charge in [0, 0.05) is 13.2 Å². The van der Waals surface area contributed by atoms with Crippen molar-refractivity contribution in [2.75, 3.05) is 19.8 Å². The quantitative estimate of drug-likeness (QED) is 0.662. The van der Waals surface area contributed by atoms with Gasteiger partial charge < -0.3 is 15.0 Å². The van der Waals surface area contributed by atoms with Crippen molar-refractivity contribution in [2.24, 2.45) is 5.92 Å². The summed E-state index contributed by atoms with van der Waals surface area (Å²) in [4.78, 5) is 26.4. The Morgan fingerprint density at radius 2 is 1.95 bits per heavy atom. The summed E-state index contributed by atoms with van der Waals surface area (Å²) in [6.45, 7) is 9.90. The van der Waals surface area contributed by atoms with E-state index in [1.54, 1.807) is 4.90 Å². The molecule has 0 radical (unpaired) electrons. The Hall–Kier alpha value is -1.10. The van der Waals surface area contributed by atoms with E-state index in [1.165, 1.54) is 0 Å². The van der Waals surface area contributed by atoms with E-state index in [4.69, 9.17) is 4.74 Å². The highest BCUT2D eigenvalue weighted by Crippen LogP contribution is 2.17. The zero-order chi connectivity index (χ0) is 15.8. The maximum absolute atomic E-state index is 12.6. The average molecular weight is 298 g/mol. The lowest BCUT2D eigenvalue weighted by Crippen LogP contribution is -2.63. The molecule has 5 nitrogen and oxygen atoms in total. The summed E-state index contributed by atoms with van der Waals surface area (Å²) >= 11 is 0.